The molecule has 2 rings (SSSR count). The molecule has 0 atom stereocenters. The van der Waals surface area contributed by atoms with Crippen molar-refractivity contribution in [2.45, 2.75) is 26.6 Å². The molecule has 0 aliphatic carbocycles. The number of rotatable bonds is 1. The largest absolute Gasteiger partial charge is 0.129 e. The molecular formula is C18H20Si. The van der Waals surface area contributed by atoms with Gasteiger partial charge < -0.3 is 0 Å². The van der Waals surface area contributed by atoms with E-state index in [9.17, 15) is 0 Å². The highest BCUT2D eigenvalue weighted by Gasteiger charge is 2.07. The van der Waals surface area contributed by atoms with Crippen LogP contribution >= 0.6 is 0 Å². The van der Waals surface area contributed by atoms with Crippen molar-refractivity contribution in [3.05, 3.63) is 59.7 Å². The molecule has 0 saturated heterocycles. The molecule has 1 heteroatoms. The fourth-order valence-electron chi connectivity index (χ4n) is 1.89. The predicted molar refractivity (Wildman–Crippen MR) is 86.8 cm³/mol. The van der Waals surface area contributed by atoms with E-state index in [4.69, 9.17) is 0 Å². The lowest BCUT2D eigenvalue weighted by atomic mass is 10.00. The van der Waals surface area contributed by atoms with Gasteiger partial charge in [0.15, 0.2) is 0 Å². The third-order valence-corrected chi connectivity index (χ3v) is 3.80. The Hall–Kier alpha value is -1.78. The van der Waals surface area contributed by atoms with E-state index in [2.05, 4.69) is 86.6 Å². The second-order valence-corrected chi connectivity index (χ2v) is 10.6. The van der Waals surface area contributed by atoms with Crippen LogP contribution in [0.3, 0.4) is 0 Å². The van der Waals surface area contributed by atoms with E-state index in [1.807, 2.05) is 0 Å². The molecular weight excluding hydrogens is 244 g/mol. The standard InChI is InChI=1S/C18H20Si/c1-15-7-5-6-8-18(15)17-11-9-16(10-12-17)13-14-19(2,3)4/h5-12H,1-4H3. The summed E-state index contributed by atoms with van der Waals surface area (Å²) in [6, 6.07) is 17.0. The van der Waals surface area contributed by atoms with Crippen molar-refractivity contribution in [2.24, 2.45) is 0 Å². The molecule has 0 fully saturated rings. The average Bonchev–Trinajstić information content (AvgIpc) is 2.37. The van der Waals surface area contributed by atoms with Crippen LogP contribution in [0.25, 0.3) is 11.1 Å². The quantitative estimate of drug-likeness (QED) is 0.508. The molecule has 0 spiro atoms. The molecule has 0 N–H and O–H groups in total. The topological polar surface area (TPSA) is 0 Å². The smallest absolute Gasteiger partial charge is 0.127 e. The van der Waals surface area contributed by atoms with Crippen LogP contribution in [-0.4, -0.2) is 8.07 Å². The van der Waals surface area contributed by atoms with E-state index < -0.39 is 8.07 Å². The number of benzene rings is 2. The highest BCUT2D eigenvalue weighted by molar-refractivity contribution is 6.83. The minimum absolute atomic E-state index is 1.11. The molecule has 19 heavy (non-hydrogen) atoms. The van der Waals surface area contributed by atoms with Crippen LogP contribution in [0.4, 0.5) is 0 Å². The summed E-state index contributed by atoms with van der Waals surface area (Å²) in [5.74, 6) is 3.29. The molecule has 0 aliphatic rings. The molecule has 2 aromatic rings. The van der Waals surface area contributed by atoms with Gasteiger partial charge in [0, 0.05) is 5.56 Å². The summed E-state index contributed by atoms with van der Waals surface area (Å²) in [6.45, 7) is 8.94. The van der Waals surface area contributed by atoms with E-state index in [1.165, 1.54) is 16.7 Å². The first-order valence-corrected chi connectivity index (χ1v) is 10.1. The summed E-state index contributed by atoms with van der Waals surface area (Å²) in [7, 11) is -1.29. The zero-order valence-electron chi connectivity index (χ0n) is 12.1. The van der Waals surface area contributed by atoms with Crippen molar-refractivity contribution in [1.82, 2.24) is 0 Å². The maximum Gasteiger partial charge on any atom is 0.129 e. The minimum Gasteiger partial charge on any atom is -0.127 e. The predicted octanol–water partition coefficient (Wildman–Crippen LogP) is 4.89. The Morgan fingerprint density at radius 1 is 0.842 bits per heavy atom. The second kappa shape index (κ2) is 5.46. The SMILES string of the molecule is Cc1ccccc1-c1ccc(C#C[Si](C)(C)C)cc1. The highest BCUT2D eigenvalue weighted by atomic mass is 28.3. The first-order chi connectivity index (χ1) is 8.96. The zero-order chi connectivity index (χ0) is 13.9. The number of hydrogen-bond acceptors (Lipinski definition) is 0. The summed E-state index contributed by atoms with van der Waals surface area (Å²) >= 11 is 0. The molecule has 0 nitrogen and oxygen atoms in total. The molecule has 2 aromatic carbocycles. The summed E-state index contributed by atoms with van der Waals surface area (Å²) in [5, 5.41) is 0. The van der Waals surface area contributed by atoms with Gasteiger partial charge in [-0.05, 0) is 35.7 Å². The summed E-state index contributed by atoms with van der Waals surface area (Å²) in [6.07, 6.45) is 0. The van der Waals surface area contributed by atoms with Gasteiger partial charge in [0.25, 0.3) is 0 Å². The number of hydrogen-bond donors (Lipinski definition) is 0. The molecule has 0 aromatic heterocycles. The Morgan fingerprint density at radius 2 is 1.47 bits per heavy atom. The maximum atomic E-state index is 3.40. The van der Waals surface area contributed by atoms with E-state index in [-0.39, 0.29) is 0 Å². The lowest BCUT2D eigenvalue weighted by molar-refractivity contribution is 1.46. The third-order valence-electron chi connectivity index (χ3n) is 2.92. The maximum absolute atomic E-state index is 3.40. The lowest BCUT2D eigenvalue weighted by Gasteiger charge is -2.06. The first-order valence-electron chi connectivity index (χ1n) is 6.65. The zero-order valence-corrected chi connectivity index (χ0v) is 13.1. The minimum atomic E-state index is -1.29. The monoisotopic (exact) mass is 264 g/mol. The fourth-order valence-corrected chi connectivity index (χ4v) is 2.41. The molecule has 0 saturated carbocycles. The Labute approximate surface area is 117 Å². The first kappa shape index (κ1) is 13.6. The normalized spacial score (nSPS) is 10.7. The molecule has 0 unspecified atom stereocenters. The van der Waals surface area contributed by atoms with Gasteiger partial charge in [-0.25, -0.2) is 0 Å². The molecule has 0 heterocycles. The summed E-state index contributed by atoms with van der Waals surface area (Å²) in [5.41, 5.74) is 8.38. The van der Waals surface area contributed by atoms with Gasteiger partial charge in [-0.1, -0.05) is 62.0 Å². The van der Waals surface area contributed by atoms with Crippen LogP contribution in [0.1, 0.15) is 11.1 Å². The Balaban J connectivity index is 2.29. The van der Waals surface area contributed by atoms with Crippen LogP contribution in [0, 0.1) is 18.4 Å². The second-order valence-electron chi connectivity index (χ2n) is 5.89. The van der Waals surface area contributed by atoms with Gasteiger partial charge in [0.2, 0.25) is 0 Å². The summed E-state index contributed by atoms with van der Waals surface area (Å²) < 4.78 is 0. The van der Waals surface area contributed by atoms with E-state index in [0.29, 0.717) is 0 Å². The molecule has 0 radical (unpaired) electrons. The van der Waals surface area contributed by atoms with Crippen LogP contribution in [0.15, 0.2) is 48.5 Å². The van der Waals surface area contributed by atoms with Crippen molar-refractivity contribution in [2.75, 3.05) is 0 Å². The van der Waals surface area contributed by atoms with Crippen molar-refractivity contribution >= 4 is 8.07 Å². The van der Waals surface area contributed by atoms with Crippen LogP contribution in [0.5, 0.6) is 0 Å². The molecule has 0 amide bonds. The highest BCUT2D eigenvalue weighted by Crippen LogP contribution is 2.23. The van der Waals surface area contributed by atoms with Gasteiger partial charge in [-0.2, -0.15) is 0 Å². The van der Waals surface area contributed by atoms with Crippen LogP contribution < -0.4 is 0 Å². The lowest BCUT2D eigenvalue weighted by Crippen LogP contribution is -2.16. The van der Waals surface area contributed by atoms with Gasteiger partial charge >= 0.3 is 0 Å². The van der Waals surface area contributed by atoms with Crippen molar-refractivity contribution in [1.29, 1.82) is 0 Å². The molecule has 0 bridgehead atoms. The van der Waals surface area contributed by atoms with Crippen molar-refractivity contribution < 1.29 is 0 Å². The Morgan fingerprint density at radius 3 is 2.05 bits per heavy atom. The van der Waals surface area contributed by atoms with Gasteiger partial charge in [0.05, 0.1) is 0 Å². The van der Waals surface area contributed by atoms with E-state index in [0.717, 1.165) is 5.56 Å². The van der Waals surface area contributed by atoms with E-state index in [1.54, 1.807) is 0 Å². The van der Waals surface area contributed by atoms with Crippen molar-refractivity contribution in [3.63, 3.8) is 0 Å². The Bertz CT molecular complexity index is 619. The summed E-state index contributed by atoms with van der Waals surface area (Å²) in [4.78, 5) is 0. The van der Waals surface area contributed by atoms with Crippen LogP contribution in [-0.2, 0) is 0 Å². The van der Waals surface area contributed by atoms with Crippen LogP contribution in [0.2, 0.25) is 19.6 Å². The average molecular weight is 264 g/mol. The van der Waals surface area contributed by atoms with Crippen molar-refractivity contribution in [3.8, 4) is 22.6 Å². The van der Waals surface area contributed by atoms with E-state index >= 15 is 0 Å². The molecule has 96 valence electrons. The van der Waals surface area contributed by atoms with Gasteiger partial charge in [0.1, 0.15) is 8.07 Å². The van der Waals surface area contributed by atoms with Gasteiger partial charge in [-0.3, -0.25) is 0 Å². The number of aryl methyl sites for hydroxylation is 1. The fraction of sp³-hybridized carbons (Fsp3) is 0.222. The molecule has 0 aliphatic heterocycles. The Kier molecular flexibility index (Phi) is 3.92. The van der Waals surface area contributed by atoms with Gasteiger partial charge in [-0.15, -0.1) is 5.54 Å². The third kappa shape index (κ3) is 3.84.